The third-order valence-corrected chi connectivity index (χ3v) is 3.32. The minimum absolute atomic E-state index is 0.854. The Labute approximate surface area is 94.3 Å². The molecule has 0 aromatic rings. The van der Waals surface area contributed by atoms with Gasteiger partial charge in [0.05, 0.1) is 0 Å². The van der Waals surface area contributed by atoms with E-state index >= 15 is 0 Å². The average Bonchev–Trinajstić information content (AvgIpc) is 2.14. The third kappa shape index (κ3) is 4.42. The first kappa shape index (κ1) is 12.0. The Morgan fingerprint density at radius 2 is 2.00 bits per heavy atom. The van der Waals surface area contributed by atoms with Crippen molar-refractivity contribution in [3.63, 3.8) is 0 Å². The standard InChI is InChI=1S/C13H22S/c1-11(2)9-13-6-3-5-12(10-13)7-4-8-14/h11-14H,3,5-7,9-10H2,1-2H3. The Hall–Kier alpha value is -0.0900. The molecule has 14 heavy (non-hydrogen) atoms. The second kappa shape index (κ2) is 6.40. The Bertz CT molecular complexity index is 209. The van der Waals surface area contributed by atoms with Crippen LogP contribution >= 0.6 is 12.6 Å². The molecule has 2 unspecified atom stereocenters. The van der Waals surface area contributed by atoms with Gasteiger partial charge in [-0.05, 0) is 42.3 Å². The van der Waals surface area contributed by atoms with Gasteiger partial charge in [0.25, 0.3) is 0 Å². The maximum atomic E-state index is 3.94. The molecule has 1 heteroatoms. The molecule has 1 saturated carbocycles. The Morgan fingerprint density at radius 1 is 1.29 bits per heavy atom. The molecule has 0 bridgehead atoms. The molecule has 0 N–H and O–H groups in total. The van der Waals surface area contributed by atoms with Crippen LogP contribution in [0, 0.1) is 28.9 Å². The van der Waals surface area contributed by atoms with E-state index in [9.17, 15) is 0 Å². The first-order valence-electron chi connectivity index (χ1n) is 5.84. The van der Waals surface area contributed by atoms with Gasteiger partial charge >= 0.3 is 0 Å². The first-order valence-corrected chi connectivity index (χ1v) is 6.29. The van der Waals surface area contributed by atoms with Crippen molar-refractivity contribution in [2.75, 3.05) is 0 Å². The molecule has 0 nitrogen and oxygen atoms in total. The third-order valence-electron chi connectivity index (χ3n) is 3.17. The van der Waals surface area contributed by atoms with Crippen molar-refractivity contribution in [3.8, 4) is 11.2 Å². The summed E-state index contributed by atoms with van der Waals surface area (Å²) in [6.07, 6.45) is 8.12. The number of hydrogen-bond acceptors (Lipinski definition) is 1. The molecule has 0 amide bonds. The van der Waals surface area contributed by atoms with Crippen molar-refractivity contribution < 1.29 is 0 Å². The monoisotopic (exact) mass is 210 g/mol. The van der Waals surface area contributed by atoms with Crippen molar-refractivity contribution in [3.05, 3.63) is 0 Å². The van der Waals surface area contributed by atoms with Crippen molar-refractivity contribution in [1.82, 2.24) is 0 Å². The van der Waals surface area contributed by atoms with Crippen LogP contribution in [0.3, 0.4) is 0 Å². The predicted octanol–water partition coefficient (Wildman–Crippen LogP) is 4.12. The van der Waals surface area contributed by atoms with Crippen molar-refractivity contribution in [2.24, 2.45) is 17.8 Å². The highest BCUT2D eigenvalue weighted by molar-refractivity contribution is 7.85. The zero-order valence-corrected chi connectivity index (χ0v) is 10.3. The van der Waals surface area contributed by atoms with E-state index in [0.717, 1.165) is 24.2 Å². The largest absolute Gasteiger partial charge is 0.0922 e. The molecular weight excluding hydrogens is 188 g/mol. The summed E-state index contributed by atoms with van der Waals surface area (Å²) < 4.78 is 0. The summed E-state index contributed by atoms with van der Waals surface area (Å²) in [4.78, 5) is 0. The van der Waals surface area contributed by atoms with Crippen molar-refractivity contribution in [1.29, 1.82) is 0 Å². The van der Waals surface area contributed by atoms with Gasteiger partial charge in [0.15, 0.2) is 0 Å². The van der Waals surface area contributed by atoms with Gasteiger partial charge in [0, 0.05) is 6.42 Å². The molecule has 0 aromatic carbocycles. The van der Waals surface area contributed by atoms with E-state index in [0.29, 0.717) is 0 Å². The van der Waals surface area contributed by atoms with E-state index in [-0.39, 0.29) is 0 Å². The summed E-state index contributed by atoms with van der Waals surface area (Å²) in [5, 5.41) is 2.72. The summed E-state index contributed by atoms with van der Waals surface area (Å²) >= 11 is 3.94. The number of hydrogen-bond donors (Lipinski definition) is 1. The van der Waals surface area contributed by atoms with Crippen molar-refractivity contribution in [2.45, 2.75) is 52.4 Å². The quantitative estimate of drug-likeness (QED) is 0.526. The van der Waals surface area contributed by atoms with Gasteiger partial charge in [-0.15, -0.1) is 0 Å². The highest BCUT2D eigenvalue weighted by Crippen LogP contribution is 2.34. The molecule has 0 heterocycles. The highest BCUT2D eigenvalue weighted by atomic mass is 32.1. The lowest BCUT2D eigenvalue weighted by Crippen LogP contribution is -2.16. The summed E-state index contributed by atoms with van der Waals surface area (Å²) in [7, 11) is 0. The van der Waals surface area contributed by atoms with Crippen LogP contribution in [0.5, 0.6) is 0 Å². The van der Waals surface area contributed by atoms with Gasteiger partial charge in [-0.25, -0.2) is 0 Å². The normalized spacial score (nSPS) is 27.1. The van der Waals surface area contributed by atoms with Gasteiger partial charge in [-0.2, -0.15) is 0 Å². The predicted molar refractivity (Wildman–Crippen MR) is 66.3 cm³/mol. The minimum atomic E-state index is 0.854. The topological polar surface area (TPSA) is 0 Å². The van der Waals surface area contributed by atoms with Crippen molar-refractivity contribution >= 4 is 12.6 Å². The number of thiol groups is 1. The van der Waals surface area contributed by atoms with Crippen LogP contribution < -0.4 is 0 Å². The molecule has 0 aliphatic heterocycles. The maximum absolute atomic E-state index is 3.94. The minimum Gasteiger partial charge on any atom is -0.0922 e. The molecule has 0 saturated heterocycles. The molecule has 80 valence electrons. The number of rotatable bonds is 3. The van der Waals surface area contributed by atoms with Gasteiger partial charge in [-0.3, -0.25) is 0 Å². The molecule has 0 spiro atoms. The zero-order chi connectivity index (χ0) is 10.4. The van der Waals surface area contributed by atoms with E-state index in [2.05, 4.69) is 37.6 Å². The van der Waals surface area contributed by atoms with E-state index in [1.807, 2.05) is 0 Å². The van der Waals surface area contributed by atoms with E-state index in [1.165, 1.54) is 32.1 Å². The van der Waals surface area contributed by atoms with Crippen LogP contribution in [0.1, 0.15) is 52.4 Å². The summed E-state index contributed by atoms with van der Waals surface area (Å²) in [6, 6.07) is 0. The smallest absolute Gasteiger partial charge is 0.0126 e. The van der Waals surface area contributed by atoms with Crippen LogP contribution in [0.25, 0.3) is 0 Å². The fourth-order valence-electron chi connectivity index (χ4n) is 2.66. The summed E-state index contributed by atoms with van der Waals surface area (Å²) in [6.45, 7) is 4.66. The summed E-state index contributed by atoms with van der Waals surface area (Å²) in [5.74, 6) is 5.78. The Balaban J connectivity index is 2.30. The average molecular weight is 210 g/mol. The highest BCUT2D eigenvalue weighted by Gasteiger charge is 2.21. The lowest BCUT2D eigenvalue weighted by atomic mass is 9.77. The van der Waals surface area contributed by atoms with E-state index in [1.54, 1.807) is 0 Å². The molecule has 2 atom stereocenters. The fourth-order valence-corrected chi connectivity index (χ4v) is 2.75. The van der Waals surface area contributed by atoms with Gasteiger partial charge in [-0.1, -0.05) is 45.2 Å². The van der Waals surface area contributed by atoms with E-state index in [4.69, 9.17) is 0 Å². The van der Waals surface area contributed by atoms with Crippen LogP contribution in [-0.4, -0.2) is 0 Å². The van der Waals surface area contributed by atoms with Gasteiger partial charge < -0.3 is 0 Å². The first-order chi connectivity index (χ1) is 6.72. The van der Waals surface area contributed by atoms with Crippen LogP contribution in [-0.2, 0) is 0 Å². The van der Waals surface area contributed by atoms with Crippen LogP contribution in [0.15, 0.2) is 0 Å². The molecule has 0 aromatic heterocycles. The summed E-state index contributed by atoms with van der Waals surface area (Å²) in [5.41, 5.74) is 0. The molecular formula is C13H22S. The molecule has 1 fully saturated rings. The fraction of sp³-hybridized carbons (Fsp3) is 0.846. The Kier molecular flexibility index (Phi) is 5.48. The second-order valence-corrected chi connectivity index (χ2v) is 5.24. The van der Waals surface area contributed by atoms with Crippen LogP contribution in [0.4, 0.5) is 0 Å². The molecule has 0 radical (unpaired) electrons. The molecule has 1 aliphatic carbocycles. The van der Waals surface area contributed by atoms with Crippen LogP contribution in [0.2, 0.25) is 0 Å². The lowest BCUT2D eigenvalue weighted by Gasteiger charge is -2.29. The van der Waals surface area contributed by atoms with Gasteiger partial charge in [0.1, 0.15) is 0 Å². The lowest BCUT2D eigenvalue weighted by molar-refractivity contribution is 0.239. The SMILES string of the molecule is CC(C)CC1CCCC(CC#CS)C1. The Morgan fingerprint density at radius 3 is 2.64 bits per heavy atom. The molecule has 1 rings (SSSR count). The second-order valence-electron chi connectivity index (χ2n) is 5.02. The maximum Gasteiger partial charge on any atom is 0.0126 e. The zero-order valence-electron chi connectivity index (χ0n) is 9.42. The molecule has 1 aliphatic rings. The van der Waals surface area contributed by atoms with E-state index < -0.39 is 0 Å². The van der Waals surface area contributed by atoms with Gasteiger partial charge in [0.2, 0.25) is 0 Å².